The third-order valence-corrected chi connectivity index (χ3v) is 6.51. The molecular weight excluding hydrogens is 274 g/mol. The van der Waals surface area contributed by atoms with E-state index >= 15 is 0 Å². The van der Waals surface area contributed by atoms with Gasteiger partial charge in [-0.1, -0.05) is 34.6 Å². The number of aromatic nitrogens is 2. The van der Waals surface area contributed by atoms with Crippen molar-refractivity contribution in [2.75, 3.05) is 14.2 Å². The van der Waals surface area contributed by atoms with Gasteiger partial charge in [-0.2, -0.15) is 4.98 Å². The predicted molar refractivity (Wildman–Crippen MR) is 89.8 cm³/mol. The van der Waals surface area contributed by atoms with Gasteiger partial charge in [0.05, 0.1) is 7.11 Å². The second kappa shape index (κ2) is 5.71. The van der Waals surface area contributed by atoms with Gasteiger partial charge in [0.1, 0.15) is 0 Å². The minimum absolute atomic E-state index is 0.284. The number of methoxy groups -OCH3 is 1. The van der Waals surface area contributed by atoms with E-state index in [1.54, 1.807) is 14.2 Å². The Kier molecular flexibility index (Phi) is 4.42. The number of ether oxygens (including phenoxy) is 1. The summed E-state index contributed by atoms with van der Waals surface area (Å²) in [6, 6.07) is 0.652. The highest BCUT2D eigenvalue weighted by atomic mass is 16.5. The van der Waals surface area contributed by atoms with Crippen molar-refractivity contribution in [2.45, 2.75) is 54.5 Å². The van der Waals surface area contributed by atoms with E-state index in [1.165, 1.54) is 6.42 Å². The van der Waals surface area contributed by atoms with Gasteiger partial charge in [0, 0.05) is 25.4 Å². The van der Waals surface area contributed by atoms with Gasteiger partial charge < -0.3 is 9.30 Å². The molecule has 0 spiro atoms. The smallest absolute Gasteiger partial charge is 0.297 e. The molecular formula is C18H31N3O. The van der Waals surface area contributed by atoms with E-state index in [0.29, 0.717) is 17.3 Å². The van der Waals surface area contributed by atoms with Crippen LogP contribution in [0.3, 0.4) is 0 Å². The Morgan fingerprint density at radius 3 is 2.41 bits per heavy atom. The summed E-state index contributed by atoms with van der Waals surface area (Å²) in [6.45, 7) is 15.0. The molecule has 0 aliphatic heterocycles. The Labute approximate surface area is 134 Å². The van der Waals surface area contributed by atoms with Crippen LogP contribution >= 0.6 is 0 Å². The van der Waals surface area contributed by atoms with Gasteiger partial charge in [-0.05, 0) is 36.0 Å². The lowest BCUT2D eigenvalue weighted by atomic mass is 9.65. The van der Waals surface area contributed by atoms with Crippen LogP contribution < -0.4 is 10.2 Å². The molecule has 2 unspecified atom stereocenters. The van der Waals surface area contributed by atoms with Crippen molar-refractivity contribution in [3.63, 3.8) is 0 Å². The molecule has 124 valence electrons. The van der Waals surface area contributed by atoms with Gasteiger partial charge in [-0.15, -0.1) is 0 Å². The van der Waals surface area contributed by atoms with Crippen LogP contribution in [0.25, 0.3) is 0 Å². The van der Waals surface area contributed by atoms with Crippen LogP contribution in [0, 0.1) is 29.6 Å². The maximum atomic E-state index is 5.49. The van der Waals surface area contributed by atoms with E-state index < -0.39 is 0 Å². The van der Waals surface area contributed by atoms with Gasteiger partial charge in [0.25, 0.3) is 6.01 Å². The molecule has 1 fully saturated rings. The normalized spacial score (nSPS) is 27.2. The summed E-state index contributed by atoms with van der Waals surface area (Å²) in [5, 5.41) is 0. The zero-order chi connectivity index (χ0) is 16.7. The minimum Gasteiger partial charge on any atom is -0.468 e. The van der Waals surface area contributed by atoms with Gasteiger partial charge in [0.2, 0.25) is 0 Å². The first-order valence-corrected chi connectivity index (χ1v) is 8.20. The summed E-state index contributed by atoms with van der Waals surface area (Å²) < 4.78 is 7.65. The van der Waals surface area contributed by atoms with Crippen LogP contribution in [0.1, 0.15) is 46.6 Å². The first-order chi connectivity index (χ1) is 10.1. The molecule has 4 nitrogen and oxygen atoms in total. The molecule has 1 aromatic heterocycles. The largest absolute Gasteiger partial charge is 0.468 e. The van der Waals surface area contributed by atoms with Crippen LogP contribution in [-0.4, -0.2) is 23.7 Å². The maximum absolute atomic E-state index is 5.49. The standard InChI is InChI=1S/C18H31N3O/c1-12-10-21(16(22-8)20-15(12)19-7)11-14-9-13(2)17(3,4)18(14,5)6/h10,13-14H,9,11H2,1-8H3. The fourth-order valence-electron chi connectivity index (χ4n) is 3.83. The van der Waals surface area contributed by atoms with Crippen molar-refractivity contribution in [2.24, 2.45) is 27.7 Å². The molecule has 0 saturated heterocycles. The van der Waals surface area contributed by atoms with Crippen LogP contribution in [0.5, 0.6) is 6.01 Å². The lowest BCUT2D eigenvalue weighted by Gasteiger charge is -2.41. The summed E-state index contributed by atoms with van der Waals surface area (Å²) in [5.74, 6) is 1.33. The number of nitrogens with zero attached hydrogens (tertiary/aromatic N) is 3. The zero-order valence-electron chi connectivity index (χ0n) is 15.4. The fourth-order valence-corrected chi connectivity index (χ4v) is 3.83. The monoisotopic (exact) mass is 305 g/mol. The molecule has 1 aromatic rings. The predicted octanol–water partition coefficient (Wildman–Crippen LogP) is 3.44. The van der Waals surface area contributed by atoms with E-state index in [4.69, 9.17) is 4.74 Å². The highest BCUT2D eigenvalue weighted by Gasteiger charge is 2.52. The van der Waals surface area contributed by atoms with Crippen molar-refractivity contribution in [1.82, 2.24) is 9.55 Å². The molecule has 0 N–H and O–H groups in total. The second-order valence-electron chi connectivity index (χ2n) is 7.89. The molecule has 4 heteroatoms. The Bertz CT molecular complexity index is 613. The molecule has 1 saturated carbocycles. The SMILES string of the molecule is CN=c1nc(OC)n(CC2CC(C)C(C)(C)C2(C)C)cc1C. The van der Waals surface area contributed by atoms with Crippen molar-refractivity contribution < 1.29 is 4.74 Å². The van der Waals surface area contributed by atoms with E-state index in [9.17, 15) is 0 Å². The molecule has 2 rings (SSSR count). The Hall–Kier alpha value is -1.32. The molecule has 1 heterocycles. The number of hydrogen-bond acceptors (Lipinski definition) is 3. The number of aryl methyl sites for hydroxylation is 1. The Balaban J connectivity index is 2.38. The Morgan fingerprint density at radius 1 is 1.32 bits per heavy atom. The highest BCUT2D eigenvalue weighted by Crippen LogP contribution is 2.59. The molecule has 0 aromatic carbocycles. The van der Waals surface area contributed by atoms with Crippen molar-refractivity contribution >= 4 is 0 Å². The number of rotatable bonds is 3. The lowest BCUT2D eigenvalue weighted by Crippen LogP contribution is -2.35. The highest BCUT2D eigenvalue weighted by molar-refractivity contribution is 5.09. The van der Waals surface area contributed by atoms with Gasteiger partial charge in [-0.3, -0.25) is 4.99 Å². The minimum atomic E-state index is 0.284. The third kappa shape index (κ3) is 2.57. The Morgan fingerprint density at radius 2 is 1.95 bits per heavy atom. The third-order valence-electron chi connectivity index (χ3n) is 6.51. The van der Waals surface area contributed by atoms with E-state index in [-0.39, 0.29) is 5.41 Å². The van der Waals surface area contributed by atoms with E-state index in [1.807, 2.05) is 0 Å². The average molecular weight is 305 g/mol. The second-order valence-corrected chi connectivity index (χ2v) is 7.89. The molecule has 22 heavy (non-hydrogen) atoms. The van der Waals surface area contributed by atoms with Gasteiger partial charge >= 0.3 is 0 Å². The van der Waals surface area contributed by atoms with Crippen molar-refractivity contribution in [3.8, 4) is 6.01 Å². The zero-order valence-corrected chi connectivity index (χ0v) is 15.4. The summed E-state index contributed by atoms with van der Waals surface area (Å²) in [6.07, 6.45) is 3.37. The van der Waals surface area contributed by atoms with Gasteiger partial charge in [-0.25, -0.2) is 0 Å². The first kappa shape index (κ1) is 17.0. The number of hydrogen-bond donors (Lipinski definition) is 0. The molecule has 1 aliphatic rings. The summed E-state index contributed by atoms with van der Waals surface area (Å²) in [4.78, 5) is 8.74. The van der Waals surface area contributed by atoms with E-state index in [2.05, 4.69) is 62.3 Å². The van der Waals surface area contributed by atoms with Gasteiger partial charge in [0.15, 0.2) is 5.49 Å². The first-order valence-electron chi connectivity index (χ1n) is 8.20. The fraction of sp³-hybridized carbons (Fsp3) is 0.778. The molecule has 2 atom stereocenters. The van der Waals surface area contributed by atoms with Crippen molar-refractivity contribution in [3.05, 3.63) is 17.2 Å². The average Bonchev–Trinajstić information content (AvgIpc) is 2.59. The molecule has 0 bridgehead atoms. The lowest BCUT2D eigenvalue weighted by molar-refractivity contribution is 0.0748. The molecule has 1 aliphatic carbocycles. The summed E-state index contributed by atoms with van der Waals surface area (Å²) >= 11 is 0. The van der Waals surface area contributed by atoms with E-state index in [0.717, 1.165) is 23.5 Å². The topological polar surface area (TPSA) is 39.4 Å². The van der Waals surface area contributed by atoms with Crippen molar-refractivity contribution in [1.29, 1.82) is 0 Å². The molecule has 0 radical (unpaired) electrons. The summed E-state index contributed by atoms with van der Waals surface area (Å²) in [5.41, 5.74) is 2.47. The molecule has 0 amide bonds. The van der Waals surface area contributed by atoms with Crippen LogP contribution in [-0.2, 0) is 6.54 Å². The quantitative estimate of drug-likeness (QED) is 0.858. The van der Waals surface area contributed by atoms with Crippen LogP contribution in [0.4, 0.5) is 0 Å². The van der Waals surface area contributed by atoms with Crippen LogP contribution in [0.15, 0.2) is 11.2 Å². The van der Waals surface area contributed by atoms with Crippen LogP contribution in [0.2, 0.25) is 0 Å². The summed E-state index contributed by atoms with van der Waals surface area (Å²) in [7, 11) is 3.45. The maximum Gasteiger partial charge on any atom is 0.297 e.